The Morgan fingerprint density at radius 3 is 1.38 bits per heavy atom. The van der Waals surface area contributed by atoms with E-state index >= 15 is 0 Å². The third-order valence-electron chi connectivity index (χ3n) is 8.31. The molecule has 1 aliphatic heterocycles. The Labute approximate surface area is 240 Å². The first kappa shape index (κ1) is 30.3. The third kappa shape index (κ3) is 7.62. The van der Waals surface area contributed by atoms with Crippen molar-refractivity contribution < 1.29 is 35.6 Å². The summed E-state index contributed by atoms with van der Waals surface area (Å²) in [7, 11) is -17.0. The lowest BCUT2D eigenvalue weighted by Gasteiger charge is -2.49. The van der Waals surface area contributed by atoms with Gasteiger partial charge in [-0.3, -0.25) is 9.97 Å². The van der Waals surface area contributed by atoms with Gasteiger partial charge in [-0.05, 0) is 62.8 Å². The summed E-state index contributed by atoms with van der Waals surface area (Å²) in [6.07, 6.45) is 12.5. The monoisotopic (exact) mass is 622 g/mol. The van der Waals surface area contributed by atoms with Crippen molar-refractivity contribution in [3.8, 4) is 0 Å². The maximum atomic E-state index is 12.2. The van der Waals surface area contributed by atoms with Crippen LogP contribution in [0.4, 0.5) is 0 Å². The average Bonchev–Trinajstić information content (AvgIpc) is 2.96. The molecule has 2 aliphatic carbocycles. The summed E-state index contributed by atoms with van der Waals surface area (Å²) in [4.78, 5) is 57.0. The minimum atomic E-state index is -4.28. The summed E-state index contributed by atoms with van der Waals surface area (Å²) < 4.78 is 25.3. The van der Waals surface area contributed by atoms with Gasteiger partial charge in [-0.2, -0.15) is 0 Å². The minimum Gasteiger partial charge on any atom is -0.391 e. The van der Waals surface area contributed by atoms with E-state index in [-0.39, 0.29) is 23.2 Å². The summed E-state index contributed by atoms with van der Waals surface area (Å²) in [5, 5.41) is 0. The lowest BCUT2D eigenvalue weighted by Crippen LogP contribution is -2.73. The molecule has 2 aromatic rings. The second-order valence-electron chi connectivity index (χ2n) is 11.4. The number of aromatic nitrogens is 2. The van der Waals surface area contributed by atoms with Crippen molar-refractivity contribution in [2.24, 2.45) is 0 Å². The van der Waals surface area contributed by atoms with Gasteiger partial charge < -0.3 is 35.6 Å². The highest BCUT2D eigenvalue weighted by molar-refractivity contribution is 6.88. The number of nitrogens with zero attached hydrogens (tertiary/aromatic N) is 2. The van der Waals surface area contributed by atoms with E-state index in [1.807, 2.05) is 36.4 Å². The molecule has 5 rings (SSSR count). The summed E-state index contributed by atoms with van der Waals surface area (Å²) >= 11 is 0. The first-order valence-corrected chi connectivity index (χ1v) is 22.3. The van der Waals surface area contributed by atoms with E-state index in [1.165, 1.54) is 0 Å². The number of pyridine rings is 2. The molecule has 2 aromatic heterocycles. The van der Waals surface area contributed by atoms with E-state index in [1.54, 1.807) is 12.4 Å². The van der Waals surface area contributed by atoms with Crippen molar-refractivity contribution in [3.63, 3.8) is 0 Å². The minimum absolute atomic E-state index is 0.0288. The van der Waals surface area contributed by atoms with Crippen molar-refractivity contribution in [3.05, 3.63) is 60.2 Å². The summed E-state index contributed by atoms with van der Waals surface area (Å²) in [6, 6.07) is 11.1. The second kappa shape index (κ2) is 13.0. The average molecular weight is 623 g/mol. The van der Waals surface area contributed by atoms with Gasteiger partial charge in [0.2, 0.25) is 0 Å². The number of hydrogen-bond acceptors (Lipinski definition) is 10. The van der Waals surface area contributed by atoms with Crippen LogP contribution in [0.5, 0.6) is 0 Å². The second-order valence-corrected chi connectivity index (χ2v) is 22.7. The Bertz CT molecular complexity index is 1000. The third-order valence-corrected chi connectivity index (χ3v) is 23.1. The van der Waals surface area contributed by atoms with Crippen LogP contribution >= 0.6 is 0 Å². The zero-order valence-corrected chi connectivity index (χ0v) is 27.0. The van der Waals surface area contributed by atoms with Crippen LogP contribution < -0.4 is 0 Å². The molecular weight excluding hydrogens is 581 g/mol. The van der Waals surface area contributed by atoms with Crippen LogP contribution in [0, 0.1) is 0 Å². The van der Waals surface area contributed by atoms with Crippen LogP contribution in [0.15, 0.2) is 48.8 Å². The van der Waals surface area contributed by atoms with Gasteiger partial charge in [0.05, 0.1) is 0 Å². The molecule has 0 aromatic carbocycles. The predicted octanol–water partition coefficient (Wildman–Crippen LogP) is 3.74. The molecule has 0 spiro atoms. The van der Waals surface area contributed by atoms with Crippen LogP contribution in [0.3, 0.4) is 0 Å². The van der Waals surface area contributed by atoms with Crippen molar-refractivity contribution in [2.75, 3.05) is 0 Å². The predicted molar refractivity (Wildman–Crippen MR) is 155 cm³/mol. The molecule has 0 bridgehead atoms. The van der Waals surface area contributed by atoms with Gasteiger partial charge in [-0.1, -0.05) is 50.7 Å². The van der Waals surface area contributed by atoms with Crippen molar-refractivity contribution in [1.29, 1.82) is 0 Å². The molecule has 2 saturated carbocycles. The molecule has 10 nitrogen and oxygen atoms in total. The molecular formula is C26H42N2O8Si4. The Morgan fingerprint density at radius 1 is 0.575 bits per heavy atom. The Balaban J connectivity index is 1.48. The van der Waals surface area contributed by atoms with E-state index in [9.17, 15) is 19.2 Å². The SMILES string of the molecule is O[Si]1(CCc2ccccn2)O[Si](O)(CCc2ccccn2)O[Si](O)(C2CCCCC2)O[Si](O)(C2CCCCC2)O1. The molecule has 4 N–H and O–H groups in total. The van der Waals surface area contributed by atoms with Crippen LogP contribution in [0.25, 0.3) is 0 Å². The first-order chi connectivity index (χ1) is 19.2. The summed E-state index contributed by atoms with van der Waals surface area (Å²) in [6.45, 7) is 0. The van der Waals surface area contributed by atoms with Crippen LogP contribution in [-0.4, -0.2) is 64.4 Å². The molecule has 220 valence electrons. The van der Waals surface area contributed by atoms with E-state index < -0.39 is 35.2 Å². The van der Waals surface area contributed by atoms with Crippen molar-refractivity contribution >= 4 is 35.2 Å². The van der Waals surface area contributed by atoms with E-state index in [0.717, 1.165) is 49.9 Å². The van der Waals surface area contributed by atoms with Crippen LogP contribution in [0.1, 0.15) is 75.6 Å². The highest BCUT2D eigenvalue weighted by Crippen LogP contribution is 2.46. The highest BCUT2D eigenvalue weighted by Gasteiger charge is 2.68. The van der Waals surface area contributed by atoms with Gasteiger partial charge in [-0.25, -0.2) is 0 Å². The maximum absolute atomic E-state index is 12.2. The molecule has 14 heteroatoms. The van der Waals surface area contributed by atoms with E-state index in [0.29, 0.717) is 38.5 Å². The van der Waals surface area contributed by atoms with Gasteiger partial charge in [0.1, 0.15) is 0 Å². The van der Waals surface area contributed by atoms with E-state index in [4.69, 9.17) is 16.5 Å². The van der Waals surface area contributed by atoms with Crippen LogP contribution in [0.2, 0.25) is 23.2 Å². The van der Waals surface area contributed by atoms with Gasteiger partial charge in [0.15, 0.2) is 0 Å². The molecule has 4 unspecified atom stereocenters. The smallest absolute Gasteiger partial charge is 0.391 e. The van der Waals surface area contributed by atoms with Gasteiger partial charge in [0.25, 0.3) is 0 Å². The standard InChI is InChI=1S/C26H42N2O8Si4/c29-37(21-17-23-11-7-9-19-27-23)33-38(30,22-18-24-12-8-10-20-28-24)35-40(32,26-15-5-2-6-16-26)36-39(31,34-37)25-13-3-1-4-14-25/h7-12,19-20,25-26,29-32H,1-6,13-18,21-22H2. The molecule has 0 radical (unpaired) electrons. The van der Waals surface area contributed by atoms with E-state index in [2.05, 4.69) is 9.97 Å². The van der Waals surface area contributed by atoms with Crippen molar-refractivity contribution in [2.45, 2.75) is 100 Å². The topological polar surface area (TPSA) is 144 Å². The molecule has 0 amide bonds. The molecule has 3 heterocycles. The Morgan fingerprint density at radius 2 is 1.00 bits per heavy atom. The largest absolute Gasteiger partial charge is 0.486 e. The first-order valence-electron chi connectivity index (χ1n) is 14.7. The lowest BCUT2D eigenvalue weighted by molar-refractivity contribution is 0.0529. The number of rotatable bonds is 8. The van der Waals surface area contributed by atoms with Gasteiger partial charge in [-0.15, -0.1) is 0 Å². The lowest BCUT2D eigenvalue weighted by atomic mass is 10.0. The Hall–Kier alpha value is -1.15. The molecule has 4 atom stereocenters. The zero-order valence-electron chi connectivity index (χ0n) is 23.0. The highest BCUT2D eigenvalue weighted by atomic mass is 28.6. The normalized spacial score (nSPS) is 34.7. The van der Waals surface area contributed by atoms with Crippen LogP contribution in [-0.2, 0) is 29.3 Å². The fourth-order valence-electron chi connectivity index (χ4n) is 6.14. The summed E-state index contributed by atoms with van der Waals surface area (Å²) in [5.41, 5.74) is 0.806. The fourth-order valence-corrected chi connectivity index (χ4v) is 23.3. The molecule has 3 aliphatic rings. The number of aryl methyl sites for hydroxylation is 2. The molecule has 40 heavy (non-hydrogen) atoms. The fraction of sp³-hybridized carbons (Fsp3) is 0.615. The number of hydrogen-bond donors (Lipinski definition) is 4. The quantitative estimate of drug-likeness (QED) is 0.322. The molecule has 1 saturated heterocycles. The molecule has 3 fully saturated rings. The Kier molecular flexibility index (Phi) is 9.86. The van der Waals surface area contributed by atoms with Gasteiger partial charge in [0, 0.05) is 47.0 Å². The van der Waals surface area contributed by atoms with Gasteiger partial charge >= 0.3 is 35.2 Å². The maximum Gasteiger partial charge on any atom is 0.486 e. The van der Waals surface area contributed by atoms with Crippen molar-refractivity contribution in [1.82, 2.24) is 9.97 Å². The zero-order chi connectivity index (χ0) is 28.1. The summed E-state index contributed by atoms with van der Waals surface area (Å²) in [5.74, 6) is 0.